The first-order chi connectivity index (χ1) is 9.51. The van der Waals surface area contributed by atoms with Crippen molar-refractivity contribution in [2.24, 2.45) is 0 Å². The Morgan fingerprint density at radius 2 is 1.95 bits per heavy atom. The molecule has 0 fully saturated rings. The molecule has 0 aromatic heterocycles. The lowest BCUT2D eigenvalue weighted by atomic mass is 10.1. The Morgan fingerprint density at radius 1 is 1.20 bits per heavy atom. The zero-order valence-corrected chi connectivity index (χ0v) is 10.7. The van der Waals surface area contributed by atoms with Crippen LogP contribution >= 0.6 is 0 Å². The normalized spacial score (nSPS) is 11.7. The van der Waals surface area contributed by atoms with Gasteiger partial charge in [-0.05, 0) is 31.2 Å². The van der Waals surface area contributed by atoms with Gasteiger partial charge in [-0.15, -0.1) is 0 Å². The second-order valence-electron chi connectivity index (χ2n) is 4.37. The van der Waals surface area contributed by atoms with Gasteiger partial charge in [0.25, 0.3) is 0 Å². The van der Waals surface area contributed by atoms with E-state index < -0.39 is 17.7 Å². The number of nitrogens with zero attached hydrogens (tertiary/aromatic N) is 1. The van der Waals surface area contributed by atoms with E-state index in [2.05, 4.69) is 5.32 Å². The van der Waals surface area contributed by atoms with Gasteiger partial charge in [0, 0.05) is 11.6 Å². The minimum atomic E-state index is -0.550. The molecular weight excluding hydrogens is 262 g/mol. The highest BCUT2D eigenvalue weighted by atomic mass is 19.1. The summed E-state index contributed by atoms with van der Waals surface area (Å²) in [5.41, 5.74) is 0.918. The van der Waals surface area contributed by atoms with Crippen LogP contribution in [0.3, 0.4) is 0 Å². The van der Waals surface area contributed by atoms with Gasteiger partial charge in [-0.2, -0.15) is 5.26 Å². The molecular formula is C15H12F2N2O. The number of hydrogen-bond acceptors (Lipinski definition) is 3. The Balaban J connectivity index is 2.28. The predicted octanol–water partition coefficient (Wildman–Crippen LogP) is 3.72. The zero-order chi connectivity index (χ0) is 14.7. The molecule has 2 aromatic rings. The van der Waals surface area contributed by atoms with E-state index in [1.807, 2.05) is 6.07 Å². The molecule has 3 nitrogen and oxygen atoms in total. The summed E-state index contributed by atoms with van der Waals surface area (Å²) in [6, 6.07) is 9.07. The quantitative estimate of drug-likeness (QED) is 0.897. The van der Waals surface area contributed by atoms with Crippen LogP contribution in [-0.2, 0) is 0 Å². The standard InChI is InChI=1S/C15H12F2N2O/c1-9(13-4-3-12(20)7-14(13)17)19-15-5-2-11(16)6-10(15)8-18/h2-7,9,19-20H,1H3. The Morgan fingerprint density at radius 3 is 2.60 bits per heavy atom. The summed E-state index contributed by atoms with van der Waals surface area (Å²) in [7, 11) is 0. The number of anilines is 1. The maximum absolute atomic E-state index is 13.7. The molecule has 0 heterocycles. The number of phenolic OH excluding ortho intramolecular Hbond substituents is 1. The molecule has 102 valence electrons. The highest BCUT2D eigenvalue weighted by molar-refractivity contribution is 5.58. The molecule has 0 aliphatic rings. The summed E-state index contributed by atoms with van der Waals surface area (Å²) < 4.78 is 26.8. The second kappa shape index (κ2) is 5.57. The van der Waals surface area contributed by atoms with Gasteiger partial charge in [-0.1, -0.05) is 6.07 Å². The van der Waals surface area contributed by atoms with Gasteiger partial charge in [-0.25, -0.2) is 8.78 Å². The van der Waals surface area contributed by atoms with Crippen molar-refractivity contribution in [1.29, 1.82) is 5.26 Å². The van der Waals surface area contributed by atoms with Crippen LogP contribution in [-0.4, -0.2) is 5.11 Å². The van der Waals surface area contributed by atoms with Crippen LogP contribution in [0.25, 0.3) is 0 Å². The number of halogens is 2. The number of hydrogen-bond donors (Lipinski definition) is 2. The fourth-order valence-electron chi connectivity index (χ4n) is 1.91. The van der Waals surface area contributed by atoms with Crippen molar-refractivity contribution in [1.82, 2.24) is 0 Å². The van der Waals surface area contributed by atoms with Crippen LogP contribution in [0.4, 0.5) is 14.5 Å². The highest BCUT2D eigenvalue weighted by Gasteiger charge is 2.13. The first-order valence-corrected chi connectivity index (χ1v) is 5.96. The van der Waals surface area contributed by atoms with Gasteiger partial charge in [0.2, 0.25) is 0 Å². The third-order valence-corrected chi connectivity index (χ3v) is 2.92. The van der Waals surface area contributed by atoms with Crippen LogP contribution in [0.15, 0.2) is 36.4 Å². The smallest absolute Gasteiger partial charge is 0.132 e. The first-order valence-electron chi connectivity index (χ1n) is 5.96. The van der Waals surface area contributed by atoms with E-state index in [1.54, 1.807) is 6.92 Å². The van der Waals surface area contributed by atoms with Crippen molar-refractivity contribution in [3.63, 3.8) is 0 Å². The van der Waals surface area contributed by atoms with Crippen molar-refractivity contribution in [2.75, 3.05) is 5.32 Å². The van der Waals surface area contributed by atoms with Crippen molar-refractivity contribution in [3.8, 4) is 11.8 Å². The van der Waals surface area contributed by atoms with E-state index in [-0.39, 0.29) is 11.3 Å². The van der Waals surface area contributed by atoms with E-state index in [9.17, 15) is 13.9 Å². The Kier molecular flexibility index (Phi) is 3.85. The van der Waals surface area contributed by atoms with Crippen LogP contribution in [0.2, 0.25) is 0 Å². The molecule has 0 amide bonds. The molecule has 2 N–H and O–H groups in total. The number of rotatable bonds is 3. The van der Waals surface area contributed by atoms with Gasteiger partial charge in [0.1, 0.15) is 23.5 Å². The van der Waals surface area contributed by atoms with Gasteiger partial charge in [-0.3, -0.25) is 0 Å². The Labute approximate surface area is 115 Å². The zero-order valence-electron chi connectivity index (χ0n) is 10.7. The van der Waals surface area contributed by atoms with Gasteiger partial charge in [0.05, 0.1) is 17.3 Å². The van der Waals surface area contributed by atoms with Crippen LogP contribution in [0, 0.1) is 23.0 Å². The van der Waals surface area contributed by atoms with Crippen molar-refractivity contribution >= 4 is 5.69 Å². The third-order valence-electron chi connectivity index (χ3n) is 2.92. The summed E-state index contributed by atoms with van der Waals surface area (Å²) in [6.07, 6.45) is 0. The maximum Gasteiger partial charge on any atom is 0.132 e. The minimum Gasteiger partial charge on any atom is -0.508 e. The number of nitrogens with one attached hydrogen (secondary N) is 1. The molecule has 0 spiro atoms. The number of nitriles is 1. The SMILES string of the molecule is CC(Nc1ccc(F)cc1C#N)c1ccc(O)cc1F. The summed E-state index contributed by atoms with van der Waals surface area (Å²) in [6.45, 7) is 1.71. The number of benzene rings is 2. The third kappa shape index (κ3) is 2.86. The van der Waals surface area contributed by atoms with Crippen molar-refractivity contribution in [2.45, 2.75) is 13.0 Å². The van der Waals surface area contributed by atoms with Crippen LogP contribution in [0.5, 0.6) is 5.75 Å². The van der Waals surface area contributed by atoms with Crippen LogP contribution in [0.1, 0.15) is 24.1 Å². The molecule has 0 saturated heterocycles. The molecule has 2 rings (SSSR count). The minimum absolute atomic E-state index is 0.149. The second-order valence-corrected chi connectivity index (χ2v) is 4.37. The molecule has 0 saturated carbocycles. The molecule has 5 heteroatoms. The lowest BCUT2D eigenvalue weighted by Gasteiger charge is -2.17. The number of aromatic hydroxyl groups is 1. The summed E-state index contributed by atoms with van der Waals surface area (Å²) in [5.74, 6) is -1.21. The lowest BCUT2D eigenvalue weighted by Crippen LogP contribution is -2.09. The molecule has 2 aromatic carbocycles. The fourth-order valence-corrected chi connectivity index (χ4v) is 1.91. The van der Waals surface area contributed by atoms with E-state index in [1.165, 1.54) is 24.3 Å². The molecule has 0 aliphatic carbocycles. The topological polar surface area (TPSA) is 56.0 Å². The molecule has 1 unspecified atom stereocenters. The molecule has 0 radical (unpaired) electrons. The van der Waals surface area contributed by atoms with E-state index in [0.717, 1.165) is 12.1 Å². The molecule has 20 heavy (non-hydrogen) atoms. The Bertz CT molecular complexity index is 680. The average molecular weight is 274 g/mol. The fraction of sp³-hybridized carbons (Fsp3) is 0.133. The molecule has 0 bridgehead atoms. The van der Waals surface area contributed by atoms with E-state index in [4.69, 9.17) is 5.26 Å². The van der Waals surface area contributed by atoms with Crippen molar-refractivity contribution < 1.29 is 13.9 Å². The summed E-state index contributed by atoms with van der Waals surface area (Å²) >= 11 is 0. The average Bonchev–Trinajstić information content (AvgIpc) is 2.40. The van der Waals surface area contributed by atoms with Gasteiger partial charge in [0.15, 0.2) is 0 Å². The van der Waals surface area contributed by atoms with E-state index in [0.29, 0.717) is 11.3 Å². The Hall–Kier alpha value is -2.61. The highest BCUT2D eigenvalue weighted by Crippen LogP contribution is 2.26. The van der Waals surface area contributed by atoms with Crippen molar-refractivity contribution in [3.05, 3.63) is 59.2 Å². The van der Waals surface area contributed by atoms with Crippen LogP contribution < -0.4 is 5.32 Å². The predicted molar refractivity (Wildman–Crippen MR) is 71.2 cm³/mol. The summed E-state index contributed by atoms with van der Waals surface area (Å²) in [5, 5.41) is 21.1. The molecule has 0 aliphatic heterocycles. The lowest BCUT2D eigenvalue weighted by molar-refractivity contribution is 0.467. The first kappa shape index (κ1) is 13.8. The monoisotopic (exact) mass is 274 g/mol. The molecule has 1 atom stereocenters. The van der Waals surface area contributed by atoms with E-state index >= 15 is 0 Å². The maximum atomic E-state index is 13.7. The van der Waals surface area contributed by atoms with Gasteiger partial charge < -0.3 is 10.4 Å². The number of phenols is 1. The largest absolute Gasteiger partial charge is 0.508 e. The van der Waals surface area contributed by atoms with Gasteiger partial charge >= 0.3 is 0 Å². The summed E-state index contributed by atoms with van der Waals surface area (Å²) in [4.78, 5) is 0.